The van der Waals surface area contributed by atoms with Crippen LogP contribution in [0.25, 0.3) is 0 Å². The first-order valence-corrected chi connectivity index (χ1v) is 12.3. The van der Waals surface area contributed by atoms with Crippen LogP contribution in [0.15, 0.2) is 30.4 Å². The molecule has 0 heterocycles. The fourth-order valence-corrected chi connectivity index (χ4v) is 6.59. The Bertz CT molecular complexity index is 702. The molecule has 160 valence electrons. The van der Waals surface area contributed by atoms with E-state index in [-0.39, 0.29) is 5.92 Å². The van der Waals surface area contributed by atoms with Crippen molar-refractivity contribution in [2.75, 3.05) is 0 Å². The van der Waals surface area contributed by atoms with Crippen molar-refractivity contribution < 1.29 is 8.78 Å². The van der Waals surface area contributed by atoms with Crippen LogP contribution >= 0.6 is 0 Å². The minimum Gasteiger partial charge on any atom is -0.174 e. The van der Waals surface area contributed by atoms with E-state index in [0.29, 0.717) is 11.8 Å². The highest BCUT2D eigenvalue weighted by Gasteiger charge is 2.36. The predicted octanol–water partition coefficient (Wildman–Crippen LogP) is 8.45. The second kappa shape index (κ2) is 9.75. The third-order valence-corrected chi connectivity index (χ3v) is 8.26. The van der Waals surface area contributed by atoms with Crippen molar-refractivity contribution in [1.82, 2.24) is 0 Å². The van der Waals surface area contributed by atoms with Gasteiger partial charge in [0.15, 0.2) is 0 Å². The van der Waals surface area contributed by atoms with E-state index >= 15 is 0 Å². The van der Waals surface area contributed by atoms with Gasteiger partial charge in [-0.25, -0.2) is 0 Å². The molecule has 5 atom stereocenters. The Morgan fingerprint density at radius 2 is 1.79 bits per heavy atom. The number of rotatable bonds is 6. The van der Waals surface area contributed by atoms with E-state index in [1.54, 1.807) is 16.7 Å². The number of aryl methyl sites for hydroxylation is 1. The zero-order valence-electron chi connectivity index (χ0n) is 18.1. The molecule has 2 heteroatoms. The molecule has 1 aromatic rings. The lowest BCUT2D eigenvalue weighted by molar-refractivity contribution is 0.132. The molecule has 0 nitrogen and oxygen atoms in total. The number of hydrogen-bond acceptors (Lipinski definition) is 0. The highest BCUT2D eigenvalue weighted by atomic mass is 19.3. The van der Waals surface area contributed by atoms with Gasteiger partial charge < -0.3 is 0 Å². The van der Waals surface area contributed by atoms with Gasteiger partial charge in [-0.2, -0.15) is 8.78 Å². The second-order valence-electron chi connectivity index (χ2n) is 10.2. The normalized spacial score (nSPS) is 31.6. The molecule has 0 spiro atoms. The minimum atomic E-state index is -1.48. The smallest absolute Gasteiger partial charge is 0.174 e. The van der Waals surface area contributed by atoms with E-state index < -0.39 is 6.08 Å². The number of benzene rings is 1. The topological polar surface area (TPSA) is 0 Å². The van der Waals surface area contributed by atoms with Gasteiger partial charge in [0, 0.05) is 0 Å². The molecular weight excluding hydrogens is 362 g/mol. The van der Waals surface area contributed by atoms with Gasteiger partial charge in [-0.1, -0.05) is 50.8 Å². The SMILES string of the molecule is CCCCCC1CCc2cc(C3CCC4CC(C=C(F)F)CCC4C3)ccc2C1. The van der Waals surface area contributed by atoms with Crippen LogP contribution in [0.3, 0.4) is 0 Å². The molecule has 0 saturated heterocycles. The summed E-state index contributed by atoms with van der Waals surface area (Å²) in [5, 5.41) is 0. The van der Waals surface area contributed by atoms with Gasteiger partial charge in [-0.3, -0.25) is 0 Å². The summed E-state index contributed by atoms with van der Waals surface area (Å²) in [5.74, 6) is 3.12. The number of allylic oxidation sites excluding steroid dienone is 1. The standard InChI is InChI=1S/C27H38F2/c1-2-3-4-5-19-6-8-23-17-25(12-10-21(23)14-19)26-13-11-22-15-20(16-27(28)29)7-9-24(22)18-26/h10,12,16-17,19-20,22,24,26H,2-9,11,13-15,18H2,1H3. The van der Waals surface area contributed by atoms with Crippen molar-refractivity contribution >= 4 is 0 Å². The molecule has 2 saturated carbocycles. The maximum atomic E-state index is 12.6. The van der Waals surface area contributed by atoms with Crippen LogP contribution in [0.4, 0.5) is 8.78 Å². The number of hydrogen-bond donors (Lipinski definition) is 0. The first-order chi connectivity index (χ1) is 14.1. The largest absolute Gasteiger partial charge is 0.266 e. The molecule has 0 radical (unpaired) electrons. The second-order valence-corrected chi connectivity index (χ2v) is 10.2. The number of unbranched alkanes of at least 4 members (excludes halogenated alkanes) is 2. The van der Waals surface area contributed by atoms with E-state index in [2.05, 4.69) is 25.1 Å². The average Bonchev–Trinajstić information content (AvgIpc) is 2.73. The Morgan fingerprint density at radius 1 is 0.966 bits per heavy atom. The van der Waals surface area contributed by atoms with Gasteiger partial charge in [0.05, 0.1) is 0 Å². The Hall–Kier alpha value is -1.18. The van der Waals surface area contributed by atoms with E-state index in [9.17, 15) is 8.78 Å². The molecule has 1 aromatic carbocycles. The van der Waals surface area contributed by atoms with Crippen LogP contribution < -0.4 is 0 Å². The van der Waals surface area contributed by atoms with Crippen molar-refractivity contribution in [2.24, 2.45) is 23.7 Å². The molecule has 0 aliphatic heterocycles. The van der Waals surface area contributed by atoms with Gasteiger partial charge in [-0.05, 0) is 110 Å². The Kier molecular flexibility index (Phi) is 7.08. The van der Waals surface area contributed by atoms with Crippen LogP contribution in [-0.4, -0.2) is 0 Å². The van der Waals surface area contributed by atoms with Gasteiger partial charge in [0.2, 0.25) is 0 Å². The summed E-state index contributed by atoms with van der Waals surface area (Å²) in [6, 6.07) is 7.40. The molecule has 2 fully saturated rings. The van der Waals surface area contributed by atoms with Crippen LogP contribution in [0, 0.1) is 23.7 Å². The summed E-state index contributed by atoms with van der Waals surface area (Å²) in [5.41, 5.74) is 4.78. The van der Waals surface area contributed by atoms with Gasteiger partial charge in [0.25, 0.3) is 6.08 Å². The first-order valence-electron chi connectivity index (χ1n) is 12.3. The lowest BCUT2D eigenvalue weighted by Crippen LogP contribution is -2.30. The van der Waals surface area contributed by atoms with Crippen LogP contribution in [0.2, 0.25) is 0 Å². The van der Waals surface area contributed by atoms with Crippen molar-refractivity contribution in [2.45, 2.75) is 96.3 Å². The average molecular weight is 401 g/mol. The van der Waals surface area contributed by atoms with Crippen molar-refractivity contribution in [3.8, 4) is 0 Å². The molecular formula is C27H38F2. The molecule has 4 rings (SSSR count). The van der Waals surface area contributed by atoms with Gasteiger partial charge in [0.1, 0.15) is 0 Å². The summed E-state index contributed by atoms with van der Waals surface area (Å²) in [4.78, 5) is 0. The molecule has 3 aliphatic carbocycles. The van der Waals surface area contributed by atoms with Crippen LogP contribution in [-0.2, 0) is 12.8 Å². The van der Waals surface area contributed by atoms with Gasteiger partial charge >= 0.3 is 0 Å². The molecule has 0 amide bonds. The lowest BCUT2D eigenvalue weighted by atomic mass is 9.63. The Labute approximate surface area is 176 Å². The monoisotopic (exact) mass is 400 g/mol. The number of halogens is 2. The highest BCUT2D eigenvalue weighted by molar-refractivity contribution is 5.36. The molecule has 0 bridgehead atoms. The lowest BCUT2D eigenvalue weighted by Gasteiger charge is -2.42. The first kappa shape index (κ1) is 21.1. The fraction of sp³-hybridized carbons (Fsp3) is 0.704. The van der Waals surface area contributed by atoms with E-state index in [4.69, 9.17) is 0 Å². The summed E-state index contributed by atoms with van der Waals surface area (Å²) < 4.78 is 25.3. The van der Waals surface area contributed by atoms with Crippen LogP contribution in [0.5, 0.6) is 0 Å². The zero-order chi connectivity index (χ0) is 20.2. The minimum absolute atomic E-state index is 0.117. The highest BCUT2D eigenvalue weighted by Crippen LogP contribution is 2.48. The maximum Gasteiger partial charge on any atom is 0.266 e. The third-order valence-electron chi connectivity index (χ3n) is 8.26. The van der Waals surface area contributed by atoms with E-state index in [1.807, 2.05) is 0 Å². The van der Waals surface area contributed by atoms with Crippen molar-refractivity contribution in [3.05, 3.63) is 47.0 Å². The number of fused-ring (bicyclic) bond motifs is 2. The summed E-state index contributed by atoms with van der Waals surface area (Å²) >= 11 is 0. The van der Waals surface area contributed by atoms with Crippen molar-refractivity contribution in [3.63, 3.8) is 0 Å². The zero-order valence-corrected chi connectivity index (χ0v) is 18.1. The third kappa shape index (κ3) is 5.30. The molecule has 0 aromatic heterocycles. The predicted molar refractivity (Wildman–Crippen MR) is 117 cm³/mol. The van der Waals surface area contributed by atoms with Crippen molar-refractivity contribution in [1.29, 1.82) is 0 Å². The van der Waals surface area contributed by atoms with E-state index in [1.165, 1.54) is 70.3 Å². The summed E-state index contributed by atoms with van der Waals surface area (Å²) in [6.45, 7) is 2.29. The molecule has 3 aliphatic rings. The molecule has 29 heavy (non-hydrogen) atoms. The Morgan fingerprint density at radius 3 is 2.62 bits per heavy atom. The molecule has 5 unspecified atom stereocenters. The summed E-state index contributed by atoms with van der Waals surface area (Å²) in [6.07, 6.45) is 16.0. The Balaban J connectivity index is 1.34. The quantitative estimate of drug-likeness (QED) is 0.420. The molecule has 0 N–H and O–H groups in total. The maximum absolute atomic E-state index is 12.6. The summed E-state index contributed by atoms with van der Waals surface area (Å²) in [7, 11) is 0. The van der Waals surface area contributed by atoms with Crippen LogP contribution in [0.1, 0.15) is 100 Å². The van der Waals surface area contributed by atoms with E-state index in [0.717, 1.165) is 31.1 Å². The fourth-order valence-electron chi connectivity index (χ4n) is 6.59. The van der Waals surface area contributed by atoms with Gasteiger partial charge in [-0.15, -0.1) is 0 Å².